The predicted octanol–water partition coefficient (Wildman–Crippen LogP) is 1.98. The van der Waals surface area contributed by atoms with Crippen LogP contribution in [0.3, 0.4) is 0 Å². The van der Waals surface area contributed by atoms with E-state index in [9.17, 15) is 13.2 Å². The Morgan fingerprint density at radius 2 is 2.00 bits per heavy atom. The Balaban J connectivity index is 1.97. The summed E-state index contributed by atoms with van der Waals surface area (Å²) in [6, 6.07) is 2.11. The highest BCUT2D eigenvalue weighted by Crippen LogP contribution is 2.30. The van der Waals surface area contributed by atoms with Crippen LogP contribution in [0.2, 0.25) is 0 Å². The third kappa shape index (κ3) is 3.19. The van der Waals surface area contributed by atoms with Gasteiger partial charge in [0.1, 0.15) is 0 Å². The highest BCUT2D eigenvalue weighted by Gasteiger charge is 2.37. The van der Waals surface area contributed by atoms with Crippen LogP contribution in [-0.2, 0) is 6.18 Å². The molecule has 1 atom stereocenters. The number of piperazine rings is 1. The summed E-state index contributed by atoms with van der Waals surface area (Å²) in [4.78, 5) is 7.37. The zero-order valence-corrected chi connectivity index (χ0v) is 11.7. The average molecular weight is 305 g/mol. The van der Waals surface area contributed by atoms with E-state index in [1.807, 2.05) is 11.8 Å². The average Bonchev–Trinajstić information content (AvgIpc) is 2.90. The van der Waals surface area contributed by atoms with Crippen LogP contribution in [0, 0.1) is 11.3 Å². The van der Waals surface area contributed by atoms with E-state index in [4.69, 9.17) is 5.26 Å². The zero-order valence-electron chi connectivity index (χ0n) is 10.9. The zero-order chi connectivity index (χ0) is 14.8. The summed E-state index contributed by atoms with van der Waals surface area (Å²) in [5, 5.41) is 9.30. The lowest BCUT2D eigenvalue weighted by Gasteiger charge is -2.36. The van der Waals surface area contributed by atoms with Crippen molar-refractivity contribution in [2.75, 3.05) is 31.1 Å². The van der Waals surface area contributed by atoms with Gasteiger partial charge in [-0.05, 0) is 6.42 Å². The molecule has 0 bridgehead atoms. The van der Waals surface area contributed by atoms with E-state index >= 15 is 0 Å². The number of nitriles is 1. The molecular weight excluding hydrogens is 291 g/mol. The minimum absolute atomic E-state index is 0.127. The Hall–Kier alpha value is -1.40. The van der Waals surface area contributed by atoms with E-state index in [0.29, 0.717) is 31.3 Å². The normalized spacial score (nSPS) is 18.9. The quantitative estimate of drug-likeness (QED) is 0.854. The first kappa shape index (κ1) is 15.0. The van der Waals surface area contributed by atoms with Crippen molar-refractivity contribution >= 4 is 16.7 Å². The molecule has 0 radical (unpaired) electrons. The van der Waals surface area contributed by atoms with Gasteiger partial charge in [0.05, 0.1) is 12.1 Å². The number of anilines is 1. The molecule has 0 aromatic carbocycles. The lowest BCUT2D eigenvalue weighted by molar-refractivity contribution is -0.144. The van der Waals surface area contributed by atoms with Gasteiger partial charge in [-0.25, -0.2) is 0 Å². The summed E-state index contributed by atoms with van der Waals surface area (Å²) in [6.07, 6.45) is -3.75. The number of alkyl halides is 3. The molecule has 1 aliphatic heterocycles. The van der Waals surface area contributed by atoms with E-state index in [1.165, 1.54) is 0 Å². The smallest absolute Gasteiger partial charge is 0.344 e. The number of hydrogen-bond donors (Lipinski definition) is 0. The molecule has 1 aromatic rings. The van der Waals surface area contributed by atoms with Gasteiger partial charge in [0, 0.05) is 37.7 Å². The number of hydrogen-bond acceptors (Lipinski definition) is 6. The molecule has 1 saturated heterocycles. The van der Waals surface area contributed by atoms with E-state index in [1.54, 1.807) is 4.90 Å². The van der Waals surface area contributed by atoms with Crippen molar-refractivity contribution in [2.45, 2.75) is 25.6 Å². The summed E-state index contributed by atoms with van der Waals surface area (Å²) in [6.45, 7) is 4.36. The minimum Gasteiger partial charge on any atom is -0.344 e. The molecule has 0 N–H and O–H groups in total. The number of rotatable bonds is 3. The first-order valence-corrected chi connectivity index (χ1v) is 7.02. The van der Waals surface area contributed by atoms with Gasteiger partial charge in [0.2, 0.25) is 11.0 Å². The Bertz CT molecular complexity index is 487. The van der Waals surface area contributed by atoms with Crippen LogP contribution >= 0.6 is 11.5 Å². The maximum absolute atomic E-state index is 12.4. The second-order valence-electron chi connectivity index (χ2n) is 4.47. The lowest BCUT2D eigenvalue weighted by atomic mass is 10.2. The summed E-state index contributed by atoms with van der Waals surface area (Å²) < 4.78 is 40.7. The van der Waals surface area contributed by atoms with Crippen LogP contribution in [0.5, 0.6) is 0 Å². The number of halogens is 3. The lowest BCUT2D eigenvalue weighted by Crippen LogP contribution is -2.50. The molecule has 0 amide bonds. The molecule has 0 saturated carbocycles. The van der Waals surface area contributed by atoms with Crippen molar-refractivity contribution in [3.05, 3.63) is 5.82 Å². The molecule has 2 heterocycles. The van der Waals surface area contributed by atoms with Crippen molar-refractivity contribution in [1.29, 1.82) is 5.26 Å². The van der Waals surface area contributed by atoms with Crippen LogP contribution < -0.4 is 4.90 Å². The van der Waals surface area contributed by atoms with Crippen molar-refractivity contribution < 1.29 is 13.2 Å². The molecule has 110 valence electrons. The van der Waals surface area contributed by atoms with Crippen molar-refractivity contribution in [1.82, 2.24) is 14.3 Å². The fourth-order valence-corrected chi connectivity index (χ4v) is 2.85. The van der Waals surface area contributed by atoms with Crippen LogP contribution in [-0.4, -0.2) is 46.5 Å². The molecule has 0 spiro atoms. The van der Waals surface area contributed by atoms with Gasteiger partial charge in [0.15, 0.2) is 0 Å². The predicted molar refractivity (Wildman–Crippen MR) is 68.4 cm³/mol. The molecule has 1 aromatic heterocycles. The summed E-state index contributed by atoms with van der Waals surface area (Å²) >= 11 is 0.765. The van der Waals surface area contributed by atoms with Gasteiger partial charge in [0.25, 0.3) is 0 Å². The SMILES string of the molecule is CCC(C#N)N1CCN(c2nc(C(F)(F)F)ns2)CC1. The fraction of sp³-hybridized carbons (Fsp3) is 0.727. The molecule has 5 nitrogen and oxygen atoms in total. The van der Waals surface area contributed by atoms with Crippen LogP contribution in [0.15, 0.2) is 0 Å². The number of aromatic nitrogens is 2. The van der Waals surface area contributed by atoms with Crippen molar-refractivity contribution in [3.8, 4) is 6.07 Å². The maximum atomic E-state index is 12.4. The van der Waals surface area contributed by atoms with Crippen molar-refractivity contribution in [3.63, 3.8) is 0 Å². The topological polar surface area (TPSA) is 56.1 Å². The summed E-state index contributed by atoms with van der Waals surface area (Å²) in [5.41, 5.74) is 0. The second-order valence-corrected chi connectivity index (χ2v) is 5.20. The summed E-state index contributed by atoms with van der Waals surface area (Å²) in [7, 11) is 0. The van der Waals surface area contributed by atoms with Gasteiger partial charge in [-0.3, -0.25) is 4.90 Å². The summed E-state index contributed by atoms with van der Waals surface area (Å²) in [5.74, 6) is -1.08. The highest BCUT2D eigenvalue weighted by molar-refractivity contribution is 7.09. The molecule has 1 unspecified atom stereocenters. The molecule has 1 fully saturated rings. The molecule has 2 rings (SSSR count). The van der Waals surface area contributed by atoms with E-state index in [2.05, 4.69) is 15.4 Å². The van der Waals surface area contributed by atoms with Crippen LogP contribution in [0.1, 0.15) is 19.2 Å². The minimum atomic E-state index is -4.50. The number of nitrogens with zero attached hydrogens (tertiary/aromatic N) is 5. The Morgan fingerprint density at radius 1 is 1.35 bits per heavy atom. The van der Waals surface area contributed by atoms with Crippen LogP contribution in [0.25, 0.3) is 0 Å². The molecular formula is C11H14F3N5S. The third-order valence-electron chi connectivity index (χ3n) is 3.23. The third-order valence-corrected chi connectivity index (χ3v) is 4.01. The van der Waals surface area contributed by atoms with E-state index < -0.39 is 12.0 Å². The maximum Gasteiger partial charge on any atom is 0.452 e. The molecule has 1 aliphatic rings. The Morgan fingerprint density at radius 3 is 2.45 bits per heavy atom. The van der Waals surface area contributed by atoms with E-state index in [-0.39, 0.29) is 6.04 Å². The van der Waals surface area contributed by atoms with Crippen LogP contribution in [0.4, 0.5) is 18.3 Å². The first-order chi connectivity index (χ1) is 9.45. The van der Waals surface area contributed by atoms with Gasteiger partial charge < -0.3 is 4.90 Å². The first-order valence-electron chi connectivity index (χ1n) is 6.25. The largest absolute Gasteiger partial charge is 0.452 e. The Labute approximate surface area is 118 Å². The monoisotopic (exact) mass is 305 g/mol. The highest BCUT2D eigenvalue weighted by atomic mass is 32.1. The molecule has 20 heavy (non-hydrogen) atoms. The fourth-order valence-electron chi connectivity index (χ4n) is 2.12. The van der Waals surface area contributed by atoms with Crippen molar-refractivity contribution in [2.24, 2.45) is 0 Å². The molecule has 9 heteroatoms. The van der Waals surface area contributed by atoms with Gasteiger partial charge in [-0.15, -0.1) is 0 Å². The van der Waals surface area contributed by atoms with Gasteiger partial charge in [-0.1, -0.05) is 6.92 Å². The van der Waals surface area contributed by atoms with Gasteiger partial charge in [-0.2, -0.15) is 27.8 Å². The second kappa shape index (κ2) is 5.93. The van der Waals surface area contributed by atoms with Gasteiger partial charge >= 0.3 is 6.18 Å². The van der Waals surface area contributed by atoms with E-state index in [0.717, 1.165) is 18.0 Å². The Kier molecular flexibility index (Phi) is 4.45. The molecule has 0 aliphatic carbocycles. The standard InChI is InChI=1S/C11H14F3N5S/c1-2-8(7-15)18-3-5-19(6-4-18)10-16-9(17-20-10)11(12,13)14/h8H,2-6H2,1H3.